The van der Waals surface area contributed by atoms with E-state index in [1.54, 1.807) is 25.1 Å². The fourth-order valence-corrected chi connectivity index (χ4v) is 4.81. The predicted octanol–water partition coefficient (Wildman–Crippen LogP) is 3.37. The standard InChI is InChI=1S/C15H15ClN2O4S2/c1-3-18-11-5-4-10(8-12(11)22-15(18)19)24(20,21)17-9(2)13-6-7-14(16)23-13/h4-9,17H,3H2,1-2H3. The van der Waals surface area contributed by atoms with Crippen LogP contribution in [0.1, 0.15) is 24.8 Å². The Kier molecular flexibility index (Phi) is 4.56. The molecule has 0 saturated heterocycles. The number of thiophene rings is 1. The number of halogens is 1. The number of hydrogen-bond acceptors (Lipinski definition) is 5. The van der Waals surface area contributed by atoms with Crippen molar-refractivity contribution in [2.45, 2.75) is 31.3 Å². The van der Waals surface area contributed by atoms with E-state index < -0.39 is 21.8 Å². The fraction of sp³-hybridized carbons (Fsp3) is 0.267. The number of aryl methyl sites for hydroxylation is 1. The molecular formula is C15H15ClN2O4S2. The van der Waals surface area contributed by atoms with Crippen molar-refractivity contribution >= 4 is 44.1 Å². The van der Waals surface area contributed by atoms with E-state index in [2.05, 4.69) is 4.72 Å². The van der Waals surface area contributed by atoms with Crippen LogP contribution in [0.4, 0.5) is 0 Å². The van der Waals surface area contributed by atoms with Crippen molar-refractivity contribution in [1.29, 1.82) is 0 Å². The highest BCUT2D eigenvalue weighted by atomic mass is 35.5. The maximum Gasteiger partial charge on any atom is 0.419 e. The maximum atomic E-state index is 12.6. The topological polar surface area (TPSA) is 81.3 Å². The summed E-state index contributed by atoms with van der Waals surface area (Å²) in [6, 6.07) is 7.48. The highest BCUT2D eigenvalue weighted by Gasteiger charge is 2.21. The Morgan fingerprint density at radius 1 is 1.33 bits per heavy atom. The van der Waals surface area contributed by atoms with Gasteiger partial charge in [-0.2, -0.15) is 0 Å². The zero-order valence-corrected chi connectivity index (χ0v) is 15.3. The number of benzene rings is 1. The summed E-state index contributed by atoms with van der Waals surface area (Å²) in [6.45, 7) is 4.01. The van der Waals surface area contributed by atoms with Gasteiger partial charge in [0.2, 0.25) is 10.0 Å². The monoisotopic (exact) mass is 386 g/mol. The lowest BCUT2D eigenvalue weighted by Gasteiger charge is -2.12. The molecule has 0 saturated carbocycles. The van der Waals surface area contributed by atoms with Gasteiger partial charge in [0.1, 0.15) is 0 Å². The van der Waals surface area contributed by atoms with Crippen molar-refractivity contribution in [1.82, 2.24) is 9.29 Å². The second-order valence-electron chi connectivity index (χ2n) is 5.23. The van der Waals surface area contributed by atoms with E-state index in [-0.39, 0.29) is 10.5 Å². The third-order valence-electron chi connectivity index (χ3n) is 3.62. The van der Waals surface area contributed by atoms with Crippen LogP contribution in [0.25, 0.3) is 11.1 Å². The molecule has 2 aromatic heterocycles. The highest BCUT2D eigenvalue weighted by Crippen LogP contribution is 2.28. The van der Waals surface area contributed by atoms with Crippen LogP contribution in [-0.4, -0.2) is 13.0 Å². The van der Waals surface area contributed by atoms with E-state index in [4.69, 9.17) is 16.0 Å². The third-order valence-corrected chi connectivity index (χ3v) is 6.57. The van der Waals surface area contributed by atoms with Gasteiger partial charge in [-0.05, 0) is 38.1 Å². The molecule has 0 aliphatic heterocycles. The molecule has 1 atom stereocenters. The van der Waals surface area contributed by atoms with Gasteiger partial charge in [0.25, 0.3) is 0 Å². The Bertz CT molecular complexity index is 1050. The molecule has 1 N–H and O–H groups in total. The Balaban J connectivity index is 1.94. The minimum Gasteiger partial charge on any atom is -0.408 e. The van der Waals surface area contributed by atoms with Crippen molar-refractivity contribution in [3.05, 3.63) is 50.1 Å². The first kappa shape index (κ1) is 17.2. The first-order chi connectivity index (χ1) is 11.3. The predicted molar refractivity (Wildman–Crippen MR) is 94.2 cm³/mol. The number of oxazole rings is 1. The van der Waals surface area contributed by atoms with E-state index in [1.165, 1.54) is 28.0 Å². The summed E-state index contributed by atoms with van der Waals surface area (Å²) >= 11 is 7.20. The first-order valence-corrected chi connectivity index (χ1v) is 9.90. The molecule has 128 valence electrons. The lowest BCUT2D eigenvalue weighted by Crippen LogP contribution is -2.26. The minimum atomic E-state index is -3.76. The van der Waals surface area contributed by atoms with Crippen molar-refractivity contribution in [2.24, 2.45) is 0 Å². The molecule has 0 radical (unpaired) electrons. The average Bonchev–Trinajstić information content (AvgIpc) is 3.08. The number of fused-ring (bicyclic) bond motifs is 1. The highest BCUT2D eigenvalue weighted by molar-refractivity contribution is 7.89. The van der Waals surface area contributed by atoms with Gasteiger partial charge in [0.05, 0.1) is 20.8 Å². The largest absolute Gasteiger partial charge is 0.419 e. The van der Waals surface area contributed by atoms with Crippen LogP contribution in [0.3, 0.4) is 0 Å². The number of rotatable bonds is 5. The van der Waals surface area contributed by atoms with Crippen LogP contribution >= 0.6 is 22.9 Å². The normalized spacial score (nSPS) is 13.5. The van der Waals surface area contributed by atoms with Crippen LogP contribution in [0.5, 0.6) is 0 Å². The number of sulfonamides is 1. The number of nitrogens with zero attached hydrogens (tertiary/aromatic N) is 1. The Hall–Kier alpha value is -1.61. The molecule has 2 heterocycles. The summed E-state index contributed by atoms with van der Waals surface area (Å²) in [7, 11) is -3.76. The zero-order valence-electron chi connectivity index (χ0n) is 12.9. The van der Waals surface area contributed by atoms with Gasteiger partial charge in [-0.1, -0.05) is 11.6 Å². The smallest absolute Gasteiger partial charge is 0.408 e. The Morgan fingerprint density at radius 3 is 2.71 bits per heavy atom. The minimum absolute atomic E-state index is 0.0431. The third kappa shape index (κ3) is 3.14. The lowest BCUT2D eigenvalue weighted by molar-refractivity contribution is 0.512. The molecule has 1 unspecified atom stereocenters. The van der Waals surface area contributed by atoms with E-state index in [0.717, 1.165) is 4.88 Å². The van der Waals surface area contributed by atoms with Crippen LogP contribution in [-0.2, 0) is 16.6 Å². The molecule has 9 heteroatoms. The second-order valence-corrected chi connectivity index (χ2v) is 8.69. The molecule has 3 rings (SSSR count). The molecule has 24 heavy (non-hydrogen) atoms. The van der Waals surface area contributed by atoms with Crippen LogP contribution < -0.4 is 10.5 Å². The van der Waals surface area contributed by atoms with Gasteiger partial charge < -0.3 is 4.42 Å². The van der Waals surface area contributed by atoms with Gasteiger partial charge in [-0.25, -0.2) is 17.9 Å². The molecule has 1 aromatic carbocycles. The van der Waals surface area contributed by atoms with Gasteiger partial charge in [-0.3, -0.25) is 4.57 Å². The molecular weight excluding hydrogens is 372 g/mol. The van der Waals surface area contributed by atoms with Crippen LogP contribution in [0, 0.1) is 0 Å². The average molecular weight is 387 g/mol. The molecule has 6 nitrogen and oxygen atoms in total. The van der Waals surface area contributed by atoms with E-state index >= 15 is 0 Å². The summed E-state index contributed by atoms with van der Waals surface area (Å²) in [5.41, 5.74) is 0.816. The van der Waals surface area contributed by atoms with E-state index in [1.807, 2.05) is 6.92 Å². The maximum absolute atomic E-state index is 12.6. The Morgan fingerprint density at radius 2 is 2.08 bits per heavy atom. The number of hydrogen-bond donors (Lipinski definition) is 1. The van der Waals surface area contributed by atoms with Gasteiger partial charge in [0, 0.05) is 17.5 Å². The molecule has 0 aliphatic rings. The Labute approximate surface area is 147 Å². The molecule has 0 fully saturated rings. The van der Waals surface area contributed by atoms with Gasteiger partial charge in [0.15, 0.2) is 5.58 Å². The SMILES string of the molecule is CCn1c(=O)oc2cc(S(=O)(=O)NC(C)c3ccc(Cl)s3)ccc21. The molecule has 0 amide bonds. The summed E-state index contributed by atoms with van der Waals surface area (Å²) < 4.78 is 34.9. The molecule has 0 bridgehead atoms. The summed E-state index contributed by atoms with van der Waals surface area (Å²) in [4.78, 5) is 12.6. The fourth-order valence-electron chi connectivity index (χ4n) is 2.43. The van der Waals surface area contributed by atoms with Gasteiger partial charge >= 0.3 is 5.76 Å². The first-order valence-electron chi connectivity index (χ1n) is 7.23. The van der Waals surface area contributed by atoms with Gasteiger partial charge in [-0.15, -0.1) is 11.3 Å². The molecule has 3 aromatic rings. The summed E-state index contributed by atoms with van der Waals surface area (Å²) in [5.74, 6) is -0.503. The quantitative estimate of drug-likeness (QED) is 0.728. The summed E-state index contributed by atoms with van der Waals surface area (Å²) in [6.07, 6.45) is 0. The number of aromatic nitrogens is 1. The molecule has 0 aliphatic carbocycles. The lowest BCUT2D eigenvalue weighted by atomic mass is 10.3. The number of nitrogens with one attached hydrogen (secondary N) is 1. The van der Waals surface area contributed by atoms with Crippen molar-refractivity contribution in [3.8, 4) is 0 Å². The van der Waals surface area contributed by atoms with Crippen molar-refractivity contribution in [2.75, 3.05) is 0 Å². The van der Waals surface area contributed by atoms with Crippen molar-refractivity contribution < 1.29 is 12.8 Å². The second kappa shape index (κ2) is 6.36. The van der Waals surface area contributed by atoms with Crippen LogP contribution in [0.15, 0.2) is 44.4 Å². The van der Waals surface area contributed by atoms with E-state index in [9.17, 15) is 13.2 Å². The van der Waals surface area contributed by atoms with Crippen LogP contribution in [0.2, 0.25) is 4.34 Å². The van der Waals surface area contributed by atoms with Crippen molar-refractivity contribution in [3.63, 3.8) is 0 Å². The molecule has 0 spiro atoms. The summed E-state index contributed by atoms with van der Waals surface area (Å²) in [5, 5.41) is 0. The van der Waals surface area contributed by atoms with E-state index in [0.29, 0.717) is 16.4 Å². The zero-order chi connectivity index (χ0) is 17.5.